The molecule has 0 heterocycles. The summed E-state index contributed by atoms with van der Waals surface area (Å²) in [6, 6.07) is -0.715. The summed E-state index contributed by atoms with van der Waals surface area (Å²) in [5.74, 6) is 0.763. The van der Waals surface area contributed by atoms with Crippen molar-refractivity contribution in [2.75, 3.05) is 0 Å². The second kappa shape index (κ2) is 5.20. The molecule has 4 heteroatoms. The number of nitrogens with one attached hydrogen (secondary N) is 1. The highest BCUT2D eigenvalue weighted by atomic mass is 16.4. The summed E-state index contributed by atoms with van der Waals surface area (Å²) in [7, 11) is 0. The average molecular weight is 183 g/mol. The molecule has 13 heavy (non-hydrogen) atoms. The van der Waals surface area contributed by atoms with Crippen molar-refractivity contribution >= 4 is 11.9 Å². The number of carbonyl (C=O) groups excluding carboxylic acids is 1. The minimum atomic E-state index is -1.02. The van der Waals surface area contributed by atoms with E-state index in [0.29, 0.717) is 0 Å². The summed E-state index contributed by atoms with van der Waals surface area (Å²) in [4.78, 5) is 21.4. The first-order valence-corrected chi connectivity index (χ1v) is 3.95. The van der Waals surface area contributed by atoms with Gasteiger partial charge in [-0.1, -0.05) is 19.8 Å². The number of aliphatic carboxylic acids is 1. The molecule has 0 aromatic heterocycles. The molecule has 2 N–H and O–H groups in total. The van der Waals surface area contributed by atoms with Gasteiger partial charge in [-0.2, -0.15) is 0 Å². The summed E-state index contributed by atoms with van der Waals surface area (Å²) in [6.07, 6.45) is 4.80. The van der Waals surface area contributed by atoms with Gasteiger partial charge in [-0.05, 0) is 0 Å². The van der Waals surface area contributed by atoms with Gasteiger partial charge in [0.15, 0.2) is 0 Å². The molecule has 1 amide bonds. The monoisotopic (exact) mass is 183 g/mol. The van der Waals surface area contributed by atoms with Gasteiger partial charge in [-0.15, -0.1) is 6.42 Å². The molecule has 0 aromatic carbocycles. The number of hydrogen-bond donors (Lipinski definition) is 2. The van der Waals surface area contributed by atoms with Gasteiger partial charge in [0.2, 0.25) is 5.91 Å². The molecule has 0 unspecified atom stereocenters. The Morgan fingerprint density at radius 3 is 2.38 bits per heavy atom. The third-order valence-electron chi connectivity index (χ3n) is 1.42. The molecule has 0 saturated carbocycles. The molecular weight excluding hydrogens is 170 g/mol. The quantitative estimate of drug-likeness (QED) is 0.613. The molecule has 0 aliphatic carbocycles. The Kier molecular flexibility index (Phi) is 4.60. The van der Waals surface area contributed by atoms with Crippen molar-refractivity contribution in [2.24, 2.45) is 5.92 Å². The van der Waals surface area contributed by atoms with Gasteiger partial charge in [-0.25, -0.2) is 0 Å². The van der Waals surface area contributed by atoms with Gasteiger partial charge in [0, 0.05) is 5.92 Å². The number of rotatable bonds is 4. The van der Waals surface area contributed by atoms with E-state index in [1.54, 1.807) is 13.8 Å². The first-order valence-electron chi connectivity index (χ1n) is 3.95. The van der Waals surface area contributed by atoms with E-state index in [-0.39, 0.29) is 18.2 Å². The predicted octanol–water partition coefficient (Wildman–Crippen LogP) is 0.235. The molecule has 0 radical (unpaired) electrons. The van der Waals surface area contributed by atoms with E-state index < -0.39 is 12.0 Å². The fourth-order valence-corrected chi connectivity index (χ4v) is 0.665. The topological polar surface area (TPSA) is 66.4 Å². The van der Waals surface area contributed by atoms with Crippen molar-refractivity contribution in [3.8, 4) is 12.3 Å². The van der Waals surface area contributed by atoms with Crippen LogP contribution >= 0.6 is 0 Å². The summed E-state index contributed by atoms with van der Waals surface area (Å²) < 4.78 is 0. The molecule has 72 valence electrons. The summed E-state index contributed by atoms with van der Waals surface area (Å²) in [6.45, 7) is 3.42. The fraction of sp³-hybridized carbons (Fsp3) is 0.556. The van der Waals surface area contributed by atoms with E-state index in [0.717, 1.165) is 0 Å². The molecular formula is C9H13NO3. The van der Waals surface area contributed by atoms with Gasteiger partial charge in [0.25, 0.3) is 0 Å². The first-order chi connectivity index (χ1) is 5.97. The molecule has 0 rings (SSSR count). The standard InChI is InChI=1S/C9H13NO3/c1-4-7(5-8(11)12)10-9(13)6(2)3/h1,6-7H,5H2,2-3H3,(H,10,13)(H,11,12)/t7-/m0/s1. The first kappa shape index (κ1) is 11.5. The van der Waals surface area contributed by atoms with E-state index >= 15 is 0 Å². The predicted molar refractivity (Wildman–Crippen MR) is 47.9 cm³/mol. The number of carboxylic acid groups (broad SMARTS) is 1. The van der Waals surface area contributed by atoms with Crippen molar-refractivity contribution in [3.63, 3.8) is 0 Å². The molecule has 0 aromatic rings. The highest BCUT2D eigenvalue weighted by Crippen LogP contribution is 1.95. The smallest absolute Gasteiger partial charge is 0.306 e. The highest BCUT2D eigenvalue weighted by molar-refractivity contribution is 5.79. The molecule has 0 aliphatic rings. The van der Waals surface area contributed by atoms with E-state index in [1.165, 1.54) is 0 Å². The summed E-state index contributed by atoms with van der Waals surface area (Å²) in [5, 5.41) is 10.9. The number of carbonyl (C=O) groups is 2. The zero-order valence-electron chi connectivity index (χ0n) is 7.70. The van der Waals surface area contributed by atoms with Crippen LogP contribution in [0.25, 0.3) is 0 Å². The highest BCUT2D eigenvalue weighted by Gasteiger charge is 2.14. The lowest BCUT2D eigenvalue weighted by Gasteiger charge is -2.12. The Hall–Kier alpha value is -1.50. The SMILES string of the molecule is C#C[C@@H](CC(=O)O)NC(=O)C(C)C. The second-order valence-electron chi connectivity index (χ2n) is 2.98. The zero-order chi connectivity index (χ0) is 10.4. The maximum Gasteiger partial charge on any atom is 0.306 e. The van der Waals surface area contributed by atoms with Crippen LogP contribution in [0.1, 0.15) is 20.3 Å². The molecule has 4 nitrogen and oxygen atoms in total. The van der Waals surface area contributed by atoms with Crippen LogP contribution in [-0.4, -0.2) is 23.0 Å². The number of hydrogen-bond acceptors (Lipinski definition) is 2. The second-order valence-corrected chi connectivity index (χ2v) is 2.98. The van der Waals surface area contributed by atoms with Crippen LogP contribution in [0, 0.1) is 18.3 Å². The zero-order valence-corrected chi connectivity index (χ0v) is 7.70. The summed E-state index contributed by atoms with van der Waals surface area (Å²) >= 11 is 0. The normalized spacial score (nSPS) is 11.8. The van der Waals surface area contributed by atoms with Crippen LogP contribution in [0.3, 0.4) is 0 Å². The van der Waals surface area contributed by atoms with E-state index in [9.17, 15) is 9.59 Å². The number of carboxylic acids is 1. The lowest BCUT2D eigenvalue weighted by atomic mass is 10.1. The van der Waals surface area contributed by atoms with Crippen LogP contribution in [0.15, 0.2) is 0 Å². The van der Waals surface area contributed by atoms with Crippen LogP contribution in [0.5, 0.6) is 0 Å². The van der Waals surface area contributed by atoms with Crippen molar-refractivity contribution in [3.05, 3.63) is 0 Å². The largest absolute Gasteiger partial charge is 0.481 e. The lowest BCUT2D eigenvalue weighted by molar-refractivity contribution is -0.137. The van der Waals surface area contributed by atoms with Crippen LogP contribution in [0.2, 0.25) is 0 Å². The van der Waals surface area contributed by atoms with Crippen LogP contribution < -0.4 is 5.32 Å². The van der Waals surface area contributed by atoms with Crippen molar-refractivity contribution in [2.45, 2.75) is 26.3 Å². The van der Waals surface area contributed by atoms with Gasteiger partial charge in [0.1, 0.15) is 6.04 Å². The Morgan fingerprint density at radius 2 is 2.08 bits per heavy atom. The van der Waals surface area contributed by atoms with E-state index in [4.69, 9.17) is 11.5 Å². The van der Waals surface area contributed by atoms with Gasteiger partial charge >= 0.3 is 5.97 Å². The fourth-order valence-electron chi connectivity index (χ4n) is 0.665. The third-order valence-corrected chi connectivity index (χ3v) is 1.42. The Morgan fingerprint density at radius 1 is 1.54 bits per heavy atom. The minimum absolute atomic E-state index is 0.190. The third kappa shape index (κ3) is 4.86. The van der Waals surface area contributed by atoms with Crippen LogP contribution in [-0.2, 0) is 9.59 Å². The maximum absolute atomic E-state index is 11.1. The van der Waals surface area contributed by atoms with E-state index in [2.05, 4.69) is 11.2 Å². The van der Waals surface area contributed by atoms with Crippen molar-refractivity contribution in [1.29, 1.82) is 0 Å². The average Bonchev–Trinajstić information content (AvgIpc) is 2.02. The summed E-state index contributed by atoms with van der Waals surface area (Å²) in [5.41, 5.74) is 0. The Bertz CT molecular complexity index is 240. The van der Waals surface area contributed by atoms with Crippen molar-refractivity contribution < 1.29 is 14.7 Å². The van der Waals surface area contributed by atoms with Crippen molar-refractivity contribution in [1.82, 2.24) is 5.32 Å². The molecule has 0 aliphatic heterocycles. The Balaban J connectivity index is 4.08. The van der Waals surface area contributed by atoms with Gasteiger partial charge in [-0.3, -0.25) is 9.59 Å². The van der Waals surface area contributed by atoms with Gasteiger partial charge in [0.05, 0.1) is 6.42 Å². The molecule has 0 spiro atoms. The molecule has 0 fully saturated rings. The Labute approximate surface area is 77.3 Å². The molecule has 0 saturated heterocycles. The number of amides is 1. The van der Waals surface area contributed by atoms with Crippen LogP contribution in [0.4, 0.5) is 0 Å². The van der Waals surface area contributed by atoms with E-state index in [1.807, 2.05) is 0 Å². The minimum Gasteiger partial charge on any atom is -0.481 e. The molecule has 1 atom stereocenters. The molecule has 0 bridgehead atoms. The van der Waals surface area contributed by atoms with Gasteiger partial charge < -0.3 is 10.4 Å². The number of terminal acetylenes is 1. The lowest BCUT2D eigenvalue weighted by Crippen LogP contribution is -2.37. The maximum atomic E-state index is 11.1.